The van der Waals surface area contributed by atoms with Crippen LogP contribution >= 0.6 is 11.6 Å². The highest BCUT2D eigenvalue weighted by atomic mass is 35.5. The normalized spacial score (nSPS) is 17.8. The number of hydrogen-bond donors (Lipinski definition) is 2. The number of carbonyl (C=O) groups excluding carboxylic acids is 1. The standard InChI is InChI=1S/C13H14ClNO5/c1-19-11-6-9(8(14)5-7(11)13(17)18)15-12(16)10-3-2-4-20-10/h5-6,10H,2-4H2,1H3,(H,15,16)(H,17,18)/t10-/m0/s1. The lowest BCUT2D eigenvalue weighted by molar-refractivity contribution is -0.124. The Morgan fingerprint density at radius 2 is 2.25 bits per heavy atom. The van der Waals surface area contributed by atoms with E-state index in [9.17, 15) is 9.59 Å². The van der Waals surface area contributed by atoms with Gasteiger partial charge in [-0.2, -0.15) is 0 Å². The molecule has 108 valence electrons. The van der Waals surface area contributed by atoms with Crippen LogP contribution in [0.25, 0.3) is 0 Å². The molecule has 1 aliphatic heterocycles. The summed E-state index contributed by atoms with van der Waals surface area (Å²) in [5.74, 6) is -1.32. The van der Waals surface area contributed by atoms with Crippen LogP contribution in [0.15, 0.2) is 12.1 Å². The molecule has 1 fully saturated rings. The fourth-order valence-corrected chi connectivity index (χ4v) is 2.19. The molecule has 0 aromatic heterocycles. The van der Waals surface area contributed by atoms with Crippen molar-refractivity contribution in [1.29, 1.82) is 0 Å². The summed E-state index contributed by atoms with van der Waals surface area (Å²) < 4.78 is 10.3. The minimum Gasteiger partial charge on any atom is -0.496 e. The fourth-order valence-electron chi connectivity index (χ4n) is 1.98. The molecule has 0 bridgehead atoms. The molecule has 1 atom stereocenters. The van der Waals surface area contributed by atoms with E-state index in [1.54, 1.807) is 0 Å². The number of aromatic carboxylic acids is 1. The number of ether oxygens (including phenoxy) is 2. The monoisotopic (exact) mass is 299 g/mol. The molecular weight excluding hydrogens is 286 g/mol. The lowest BCUT2D eigenvalue weighted by Crippen LogP contribution is -2.27. The van der Waals surface area contributed by atoms with Gasteiger partial charge in [0.1, 0.15) is 17.4 Å². The van der Waals surface area contributed by atoms with Crippen molar-refractivity contribution in [2.45, 2.75) is 18.9 Å². The Morgan fingerprint density at radius 1 is 1.50 bits per heavy atom. The summed E-state index contributed by atoms with van der Waals surface area (Å²) in [5.41, 5.74) is 0.238. The summed E-state index contributed by atoms with van der Waals surface area (Å²) in [6, 6.07) is 2.63. The van der Waals surface area contributed by atoms with Gasteiger partial charge in [-0.25, -0.2) is 4.79 Å². The second-order valence-electron chi connectivity index (χ2n) is 4.33. The number of anilines is 1. The first kappa shape index (κ1) is 14.6. The zero-order valence-electron chi connectivity index (χ0n) is 10.8. The van der Waals surface area contributed by atoms with Gasteiger partial charge in [0.2, 0.25) is 0 Å². The van der Waals surface area contributed by atoms with Crippen molar-refractivity contribution in [1.82, 2.24) is 0 Å². The highest BCUT2D eigenvalue weighted by molar-refractivity contribution is 6.34. The van der Waals surface area contributed by atoms with Crippen molar-refractivity contribution in [3.05, 3.63) is 22.7 Å². The number of halogens is 1. The van der Waals surface area contributed by atoms with E-state index in [0.29, 0.717) is 18.7 Å². The minimum absolute atomic E-state index is 0.0624. The van der Waals surface area contributed by atoms with Gasteiger partial charge in [0, 0.05) is 12.7 Å². The molecule has 1 aliphatic rings. The van der Waals surface area contributed by atoms with E-state index in [1.807, 2.05) is 0 Å². The van der Waals surface area contributed by atoms with Gasteiger partial charge in [0.05, 0.1) is 17.8 Å². The second-order valence-corrected chi connectivity index (χ2v) is 4.74. The molecule has 7 heteroatoms. The van der Waals surface area contributed by atoms with Gasteiger partial charge >= 0.3 is 5.97 Å². The zero-order chi connectivity index (χ0) is 14.7. The first-order valence-electron chi connectivity index (χ1n) is 6.06. The molecule has 1 aromatic carbocycles. The van der Waals surface area contributed by atoms with Crippen molar-refractivity contribution in [2.24, 2.45) is 0 Å². The van der Waals surface area contributed by atoms with Gasteiger partial charge in [0.15, 0.2) is 0 Å². The summed E-state index contributed by atoms with van der Waals surface area (Å²) in [7, 11) is 1.35. The van der Waals surface area contributed by atoms with Crippen LogP contribution in [0.5, 0.6) is 5.75 Å². The summed E-state index contributed by atoms with van der Waals surface area (Å²) >= 11 is 5.98. The summed E-state index contributed by atoms with van der Waals surface area (Å²) in [4.78, 5) is 23.0. The Balaban J connectivity index is 2.23. The Hall–Kier alpha value is -1.79. The molecule has 0 aliphatic carbocycles. The van der Waals surface area contributed by atoms with Crippen LogP contribution in [-0.4, -0.2) is 36.8 Å². The molecule has 1 aromatic rings. The van der Waals surface area contributed by atoms with Crippen molar-refractivity contribution in [3.8, 4) is 5.75 Å². The first-order valence-corrected chi connectivity index (χ1v) is 6.44. The van der Waals surface area contributed by atoms with E-state index in [-0.39, 0.29) is 22.2 Å². The first-order chi connectivity index (χ1) is 9.52. The molecule has 20 heavy (non-hydrogen) atoms. The van der Waals surface area contributed by atoms with E-state index in [2.05, 4.69) is 5.32 Å². The third-order valence-corrected chi connectivity index (χ3v) is 3.31. The topological polar surface area (TPSA) is 84.9 Å². The predicted octanol–water partition coefficient (Wildman–Crippen LogP) is 2.16. The molecule has 1 heterocycles. The van der Waals surface area contributed by atoms with E-state index >= 15 is 0 Å². The molecule has 1 amide bonds. The second kappa shape index (κ2) is 6.11. The average molecular weight is 300 g/mol. The number of carboxylic acid groups (broad SMARTS) is 1. The lowest BCUT2D eigenvalue weighted by Gasteiger charge is -2.14. The molecule has 0 saturated carbocycles. The van der Waals surface area contributed by atoms with Crippen LogP contribution in [0, 0.1) is 0 Å². The summed E-state index contributed by atoms with van der Waals surface area (Å²) in [5, 5.41) is 11.8. The maximum atomic E-state index is 11.9. The van der Waals surface area contributed by atoms with Crippen molar-refractivity contribution < 1.29 is 24.2 Å². The number of amides is 1. The van der Waals surface area contributed by atoms with Gasteiger partial charge in [-0.05, 0) is 18.9 Å². The number of rotatable bonds is 4. The molecule has 2 N–H and O–H groups in total. The number of hydrogen-bond acceptors (Lipinski definition) is 4. The van der Waals surface area contributed by atoms with Gasteiger partial charge in [-0.1, -0.05) is 11.6 Å². The Labute approximate surface area is 120 Å². The maximum absolute atomic E-state index is 11.9. The third kappa shape index (κ3) is 3.02. The highest BCUT2D eigenvalue weighted by Gasteiger charge is 2.25. The van der Waals surface area contributed by atoms with Gasteiger partial charge in [0.25, 0.3) is 5.91 Å². The number of carboxylic acids is 1. The van der Waals surface area contributed by atoms with Crippen LogP contribution in [0.3, 0.4) is 0 Å². The van der Waals surface area contributed by atoms with Crippen LogP contribution in [-0.2, 0) is 9.53 Å². The van der Waals surface area contributed by atoms with Crippen molar-refractivity contribution in [3.63, 3.8) is 0 Å². The third-order valence-electron chi connectivity index (χ3n) is 3.00. The number of benzene rings is 1. The smallest absolute Gasteiger partial charge is 0.339 e. The van der Waals surface area contributed by atoms with Gasteiger partial charge in [-0.15, -0.1) is 0 Å². The Kier molecular flexibility index (Phi) is 4.46. The molecule has 0 spiro atoms. The number of methoxy groups -OCH3 is 1. The molecular formula is C13H14ClNO5. The molecule has 2 rings (SSSR count). The van der Waals surface area contributed by atoms with E-state index in [1.165, 1.54) is 19.2 Å². The SMILES string of the molecule is COc1cc(NC(=O)[C@@H]2CCCO2)c(Cl)cc1C(=O)O. The molecule has 1 saturated heterocycles. The van der Waals surface area contributed by atoms with Crippen LogP contribution in [0.1, 0.15) is 23.2 Å². The average Bonchev–Trinajstić information content (AvgIpc) is 2.94. The van der Waals surface area contributed by atoms with E-state index in [4.69, 9.17) is 26.2 Å². The van der Waals surface area contributed by atoms with Crippen molar-refractivity contribution in [2.75, 3.05) is 19.0 Å². The molecule has 6 nitrogen and oxygen atoms in total. The minimum atomic E-state index is -1.15. The lowest BCUT2D eigenvalue weighted by atomic mass is 10.1. The van der Waals surface area contributed by atoms with Gasteiger partial charge in [-0.3, -0.25) is 4.79 Å². The predicted molar refractivity (Wildman–Crippen MR) is 72.6 cm³/mol. The maximum Gasteiger partial charge on any atom is 0.339 e. The Bertz CT molecular complexity index is 540. The highest BCUT2D eigenvalue weighted by Crippen LogP contribution is 2.31. The Morgan fingerprint density at radius 3 is 2.80 bits per heavy atom. The van der Waals surface area contributed by atoms with Crippen molar-refractivity contribution >= 4 is 29.2 Å². The van der Waals surface area contributed by atoms with Crippen LogP contribution in [0.2, 0.25) is 5.02 Å². The summed E-state index contributed by atoms with van der Waals surface area (Å²) in [6.07, 6.45) is 1.01. The van der Waals surface area contributed by atoms with E-state index < -0.39 is 12.1 Å². The zero-order valence-corrected chi connectivity index (χ0v) is 11.6. The molecule has 0 unspecified atom stereocenters. The number of nitrogens with one attached hydrogen (secondary N) is 1. The van der Waals surface area contributed by atoms with Crippen LogP contribution in [0.4, 0.5) is 5.69 Å². The van der Waals surface area contributed by atoms with E-state index in [0.717, 1.165) is 6.42 Å². The van der Waals surface area contributed by atoms with Crippen LogP contribution < -0.4 is 10.1 Å². The summed E-state index contributed by atoms with van der Waals surface area (Å²) in [6.45, 7) is 0.563. The number of carbonyl (C=O) groups is 2. The quantitative estimate of drug-likeness (QED) is 0.890. The fraction of sp³-hybridized carbons (Fsp3) is 0.385. The molecule has 0 radical (unpaired) electrons. The van der Waals surface area contributed by atoms with Gasteiger partial charge < -0.3 is 19.9 Å². The largest absolute Gasteiger partial charge is 0.496 e.